The third-order valence-electron chi connectivity index (χ3n) is 7.46. The Morgan fingerprint density at radius 2 is 1.74 bits per heavy atom. The van der Waals surface area contributed by atoms with E-state index in [1.807, 2.05) is 30.3 Å². The van der Waals surface area contributed by atoms with Crippen LogP contribution < -0.4 is 10.1 Å². The van der Waals surface area contributed by atoms with Gasteiger partial charge in [0.25, 0.3) is 5.91 Å². The normalized spacial score (nSPS) is 22.0. The number of fused-ring (bicyclic) bond motifs is 1. The number of amides is 1. The number of hydrogen-bond donors (Lipinski definition) is 2. The third kappa shape index (κ3) is 5.79. The number of ether oxygens (including phenoxy) is 1. The van der Waals surface area contributed by atoms with E-state index < -0.39 is 0 Å². The molecule has 0 radical (unpaired) electrons. The van der Waals surface area contributed by atoms with Crippen molar-refractivity contribution in [2.24, 2.45) is 5.92 Å². The van der Waals surface area contributed by atoms with Crippen LogP contribution in [-0.2, 0) is 0 Å². The van der Waals surface area contributed by atoms with Gasteiger partial charge in [0, 0.05) is 30.0 Å². The Labute approximate surface area is 200 Å². The Bertz CT molecular complexity index is 1050. The molecule has 2 aliphatic rings. The number of benzene rings is 2. The molecule has 1 aliphatic heterocycles. The molecule has 5 rings (SSSR count). The number of carbonyl (C=O) groups is 1. The molecule has 1 amide bonds. The lowest BCUT2D eigenvalue weighted by Crippen LogP contribution is -2.40. The van der Waals surface area contributed by atoms with E-state index in [1.165, 1.54) is 31.4 Å². The second-order valence-electron chi connectivity index (χ2n) is 9.86. The molecule has 2 heterocycles. The molecule has 1 saturated carbocycles. The van der Waals surface area contributed by atoms with Gasteiger partial charge in [-0.3, -0.25) is 4.79 Å². The first-order chi connectivity index (χ1) is 16.6. The van der Waals surface area contributed by atoms with Crippen LogP contribution in [0.4, 0.5) is 4.39 Å². The van der Waals surface area contributed by atoms with Gasteiger partial charge in [0.05, 0.1) is 0 Å². The van der Waals surface area contributed by atoms with Crippen molar-refractivity contribution >= 4 is 16.8 Å². The van der Waals surface area contributed by atoms with E-state index in [-0.39, 0.29) is 23.9 Å². The molecular formula is C28H34FN3O2. The molecule has 1 saturated heterocycles. The fraction of sp³-hybridized carbons (Fsp3) is 0.464. The molecule has 0 bridgehead atoms. The second-order valence-corrected chi connectivity index (χ2v) is 9.86. The molecular weight excluding hydrogens is 429 g/mol. The summed E-state index contributed by atoms with van der Waals surface area (Å²) in [6.07, 6.45) is 7.97. The van der Waals surface area contributed by atoms with E-state index in [4.69, 9.17) is 4.74 Å². The van der Waals surface area contributed by atoms with Crippen molar-refractivity contribution < 1.29 is 13.9 Å². The average molecular weight is 464 g/mol. The lowest BCUT2D eigenvalue weighted by molar-refractivity contribution is 0.0894. The van der Waals surface area contributed by atoms with Crippen LogP contribution in [0.5, 0.6) is 5.75 Å². The number of para-hydroxylation sites is 1. The van der Waals surface area contributed by atoms with Gasteiger partial charge in [-0.2, -0.15) is 0 Å². The van der Waals surface area contributed by atoms with Crippen LogP contribution >= 0.6 is 0 Å². The summed E-state index contributed by atoms with van der Waals surface area (Å²) in [6, 6.07) is 16.5. The number of hydrogen-bond acceptors (Lipinski definition) is 3. The highest BCUT2D eigenvalue weighted by Crippen LogP contribution is 2.28. The predicted octanol–water partition coefficient (Wildman–Crippen LogP) is 5.53. The van der Waals surface area contributed by atoms with Crippen molar-refractivity contribution in [3.8, 4) is 5.75 Å². The molecule has 0 atom stereocenters. The molecule has 34 heavy (non-hydrogen) atoms. The lowest BCUT2D eigenvalue weighted by Gasteiger charge is -2.34. The van der Waals surface area contributed by atoms with Crippen LogP contribution in [0.15, 0.2) is 54.6 Å². The molecule has 2 fully saturated rings. The molecule has 1 aromatic heterocycles. The van der Waals surface area contributed by atoms with Gasteiger partial charge in [-0.1, -0.05) is 18.2 Å². The minimum absolute atomic E-state index is 0.00498. The van der Waals surface area contributed by atoms with Gasteiger partial charge in [0.1, 0.15) is 23.4 Å². The van der Waals surface area contributed by atoms with Gasteiger partial charge in [0.15, 0.2) is 0 Å². The summed E-state index contributed by atoms with van der Waals surface area (Å²) < 4.78 is 19.1. The van der Waals surface area contributed by atoms with Crippen LogP contribution in [-0.4, -0.2) is 47.6 Å². The number of aromatic nitrogens is 1. The molecule has 0 spiro atoms. The van der Waals surface area contributed by atoms with Crippen molar-refractivity contribution in [3.05, 3.63) is 66.1 Å². The first-order valence-electron chi connectivity index (χ1n) is 12.7. The highest BCUT2D eigenvalue weighted by Gasteiger charge is 2.25. The summed E-state index contributed by atoms with van der Waals surface area (Å²) in [4.78, 5) is 18.5. The predicted molar refractivity (Wildman–Crippen MR) is 133 cm³/mol. The minimum atomic E-state index is -0.229. The number of piperidine rings is 1. The van der Waals surface area contributed by atoms with E-state index in [0.717, 1.165) is 67.9 Å². The summed E-state index contributed by atoms with van der Waals surface area (Å²) in [6.45, 7) is 3.25. The zero-order valence-corrected chi connectivity index (χ0v) is 19.6. The van der Waals surface area contributed by atoms with E-state index in [1.54, 1.807) is 12.1 Å². The molecule has 5 nitrogen and oxygen atoms in total. The first kappa shape index (κ1) is 22.9. The van der Waals surface area contributed by atoms with E-state index in [9.17, 15) is 9.18 Å². The number of aromatic amines is 1. The molecule has 0 unspecified atom stereocenters. The molecule has 6 heteroatoms. The Hall–Kier alpha value is -2.86. The number of likely N-dealkylation sites (tertiary alicyclic amines) is 1. The van der Waals surface area contributed by atoms with Crippen molar-refractivity contribution in [1.29, 1.82) is 0 Å². The monoisotopic (exact) mass is 463 g/mol. The van der Waals surface area contributed by atoms with Crippen LogP contribution in [0.2, 0.25) is 0 Å². The standard InChI is InChI=1S/C28H34FN3O2/c29-22-7-11-24(12-8-22)34-25-14-17-32(18-15-25)16-13-20-5-9-23(10-6-20)30-28(33)27-19-21-3-1-2-4-26(21)31-27/h1-4,7-8,11-12,19-20,23,25,31H,5-6,9-10,13-18H2,(H,30,33)/t20-,23-. The first-order valence-corrected chi connectivity index (χ1v) is 12.7. The number of carbonyl (C=O) groups excluding carboxylic acids is 1. The number of nitrogens with one attached hydrogen (secondary N) is 2. The molecule has 2 aromatic carbocycles. The van der Waals surface area contributed by atoms with E-state index >= 15 is 0 Å². The zero-order chi connectivity index (χ0) is 23.3. The number of H-pyrrole nitrogens is 1. The third-order valence-corrected chi connectivity index (χ3v) is 7.46. The van der Waals surface area contributed by atoms with Crippen molar-refractivity contribution in [1.82, 2.24) is 15.2 Å². The number of rotatable bonds is 7. The maximum Gasteiger partial charge on any atom is 0.267 e. The van der Waals surface area contributed by atoms with Crippen LogP contribution in [0.3, 0.4) is 0 Å². The van der Waals surface area contributed by atoms with Gasteiger partial charge in [0.2, 0.25) is 0 Å². The SMILES string of the molecule is O=C(N[C@H]1CC[C@H](CCN2CCC(Oc3ccc(F)cc3)CC2)CC1)c1cc2ccccc2[nH]1. The highest BCUT2D eigenvalue weighted by molar-refractivity contribution is 5.98. The van der Waals surface area contributed by atoms with Gasteiger partial charge >= 0.3 is 0 Å². The highest BCUT2D eigenvalue weighted by atomic mass is 19.1. The van der Waals surface area contributed by atoms with Crippen molar-refractivity contribution in [2.75, 3.05) is 19.6 Å². The maximum absolute atomic E-state index is 13.1. The Kier molecular flexibility index (Phi) is 7.14. The Morgan fingerprint density at radius 1 is 1.00 bits per heavy atom. The van der Waals surface area contributed by atoms with Gasteiger partial charge in [-0.25, -0.2) is 4.39 Å². The number of halogens is 1. The summed E-state index contributed by atoms with van der Waals surface area (Å²) in [5, 5.41) is 4.31. The largest absolute Gasteiger partial charge is 0.490 e. The zero-order valence-electron chi connectivity index (χ0n) is 19.6. The summed E-state index contributed by atoms with van der Waals surface area (Å²) in [5.41, 5.74) is 1.65. The fourth-order valence-corrected chi connectivity index (χ4v) is 5.38. The number of nitrogens with zero attached hydrogens (tertiary/aromatic N) is 1. The van der Waals surface area contributed by atoms with Gasteiger partial charge < -0.3 is 19.9 Å². The quantitative estimate of drug-likeness (QED) is 0.484. The fourth-order valence-electron chi connectivity index (χ4n) is 5.38. The lowest BCUT2D eigenvalue weighted by atomic mass is 9.84. The van der Waals surface area contributed by atoms with Crippen LogP contribution in [0.1, 0.15) is 55.4 Å². The van der Waals surface area contributed by atoms with E-state index in [0.29, 0.717) is 5.69 Å². The summed E-state index contributed by atoms with van der Waals surface area (Å²) in [5.74, 6) is 1.28. The van der Waals surface area contributed by atoms with Crippen LogP contribution in [0, 0.1) is 11.7 Å². The molecule has 2 N–H and O–H groups in total. The Morgan fingerprint density at radius 3 is 2.47 bits per heavy atom. The average Bonchev–Trinajstić information content (AvgIpc) is 3.31. The van der Waals surface area contributed by atoms with Crippen LogP contribution in [0.25, 0.3) is 10.9 Å². The summed E-state index contributed by atoms with van der Waals surface area (Å²) in [7, 11) is 0. The van der Waals surface area contributed by atoms with Gasteiger partial charge in [-0.05, 0) is 93.8 Å². The maximum atomic E-state index is 13.1. The molecule has 3 aromatic rings. The van der Waals surface area contributed by atoms with Crippen molar-refractivity contribution in [3.63, 3.8) is 0 Å². The molecule has 1 aliphatic carbocycles. The summed E-state index contributed by atoms with van der Waals surface area (Å²) >= 11 is 0. The molecule has 180 valence electrons. The second kappa shape index (κ2) is 10.6. The van der Waals surface area contributed by atoms with Gasteiger partial charge in [-0.15, -0.1) is 0 Å². The van der Waals surface area contributed by atoms with E-state index in [2.05, 4.69) is 15.2 Å². The van der Waals surface area contributed by atoms with Crippen molar-refractivity contribution in [2.45, 2.75) is 57.1 Å². The Balaban J connectivity index is 0.993. The smallest absolute Gasteiger partial charge is 0.267 e. The topological polar surface area (TPSA) is 57.4 Å². The minimum Gasteiger partial charge on any atom is -0.490 e.